The number of benzene rings is 2. The van der Waals surface area contributed by atoms with Gasteiger partial charge in [0, 0.05) is 22.5 Å². The van der Waals surface area contributed by atoms with E-state index in [1.165, 1.54) is 0 Å². The summed E-state index contributed by atoms with van der Waals surface area (Å²) in [7, 11) is 0. The zero-order chi connectivity index (χ0) is 15.4. The number of nitrogens with one attached hydrogen (secondary N) is 1. The number of carbonyl (C=O) groups excluding carboxylic acids is 1. The molecule has 1 heterocycles. The fraction of sp³-hybridized carbons (Fsp3) is 0. The normalized spacial score (nSPS) is 10.2. The van der Waals surface area contributed by atoms with Gasteiger partial charge in [-0.05, 0) is 30.3 Å². The average molecular weight is 309 g/mol. The van der Waals surface area contributed by atoms with Crippen LogP contribution in [0.5, 0.6) is 0 Å². The number of pyridine rings is 1. The smallest absolute Gasteiger partial charge is 0.257 e. The van der Waals surface area contributed by atoms with Crippen molar-refractivity contribution in [3.63, 3.8) is 0 Å². The number of amides is 1. The van der Waals surface area contributed by atoms with Gasteiger partial charge in [0.25, 0.3) is 5.91 Å². The summed E-state index contributed by atoms with van der Waals surface area (Å²) in [6, 6.07) is 20.3. The number of para-hydroxylation sites is 1. The molecule has 2 aromatic carbocycles. The first-order chi connectivity index (χ1) is 10.7. The van der Waals surface area contributed by atoms with Gasteiger partial charge in [-0.2, -0.15) is 0 Å². The maximum absolute atomic E-state index is 12.2. The molecule has 0 aliphatic carbocycles. The van der Waals surface area contributed by atoms with E-state index < -0.39 is 0 Å². The number of anilines is 1. The number of carbonyl (C=O) groups is 1. The van der Waals surface area contributed by atoms with Crippen molar-refractivity contribution < 1.29 is 4.79 Å². The van der Waals surface area contributed by atoms with E-state index in [2.05, 4.69) is 10.3 Å². The molecule has 0 saturated carbocycles. The van der Waals surface area contributed by atoms with E-state index >= 15 is 0 Å². The van der Waals surface area contributed by atoms with Crippen LogP contribution in [0.3, 0.4) is 0 Å². The fourth-order valence-electron chi connectivity index (χ4n) is 2.08. The highest BCUT2D eigenvalue weighted by Gasteiger charge is 2.08. The second-order valence-electron chi connectivity index (χ2n) is 4.73. The minimum atomic E-state index is -0.190. The number of hydrogen-bond donors (Lipinski definition) is 1. The largest absolute Gasteiger partial charge is 0.322 e. The van der Waals surface area contributed by atoms with Gasteiger partial charge in [0.15, 0.2) is 0 Å². The highest BCUT2D eigenvalue weighted by atomic mass is 35.5. The molecule has 3 rings (SSSR count). The van der Waals surface area contributed by atoms with Crippen molar-refractivity contribution in [3.05, 3.63) is 83.5 Å². The molecule has 3 nitrogen and oxygen atoms in total. The van der Waals surface area contributed by atoms with Gasteiger partial charge in [0.2, 0.25) is 0 Å². The Morgan fingerprint density at radius 1 is 0.909 bits per heavy atom. The summed E-state index contributed by atoms with van der Waals surface area (Å²) in [6.45, 7) is 0. The average Bonchev–Trinajstić information content (AvgIpc) is 2.56. The summed E-state index contributed by atoms with van der Waals surface area (Å²) in [5, 5.41) is 3.46. The van der Waals surface area contributed by atoms with Crippen LogP contribution in [0.4, 0.5) is 5.69 Å². The summed E-state index contributed by atoms with van der Waals surface area (Å²) < 4.78 is 0. The monoisotopic (exact) mass is 308 g/mol. The van der Waals surface area contributed by atoms with Crippen LogP contribution in [0.1, 0.15) is 10.4 Å². The van der Waals surface area contributed by atoms with Gasteiger partial charge in [-0.3, -0.25) is 9.78 Å². The van der Waals surface area contributed by atoms with Crippen LogP contribution in [0.2, 0.25) is 5.02 Å². The van der Waals surface area contributed by atoms with Crippen molar-refractivity contribution in [2.24, 2.45) is 0 Å². The predicted molar refractivity (Wildman–Crippen MR) is 89.1 cm³/mol. The third-order valence-electron chi connectivity index (χ3n) is 3.21. The Balaban J connectivity index is 1.80. The highest BCUT2D eigenvalue weighted by Crippen LogP contribution is 2.25. The third-order valence-corrected chi connectivity index (χ3v) is 3.54. The molecule has 0 spiro atoms. The van der Waals surface area contributed by atoms with Crippen molar-refractivity contribution in [1.29, 1.82) is 0 Å². The van der Waals surface area contributed by atoms with Crippen LogP contribution >= 0.6 is 11.6 Å². The lowest BCUT2D eigenvalue weighted by atomic mass is 10.1. The third kappa shape index (κ3) is 3.15. The van der Waals surface area contributed by atoms with Gasteiger partial charge in [-0.15, -0.1) is 0 Å². The van der Waals surface area contributed by atoms with E-state index in [4.69, 9.17) is 11.6 Å². The van der Waals surface area contributed by atoms with E-state index in [9.17, 15) is 4.79 Å². The molecular formula is C18H13ClN2O. The SMILES string of the molecule is O=C(Nc1ccccc1)c1ccc(-c2ccccc2Cl)nc1. The minimum Gasteiger partial charge on any atom is -0.322 e. The molecule has 1 aromatic heterocycles. The highest BCUT2D eigenvalue weighted by molar-refractivity contribution is 6.33. The number of aromatic nitrogens is 1. The second kappa shape index (κ2) is 6.41. The molecule has 4 heteroatoms. The molecule has 0 bridgehead atoms. The van der Waals surface area contributed by atoms with E-state index in [0.717, 1.165) is 16.9 Å². The molecule has 0 saturated heterocycles. The fourth-order valence-corrected chi connectivity index (χ4v) is 2.31. The molecule has 0 aliphatic heterocycles. The van der Waals surface area contributed by atoms with Crippen LogP contribution in [-0.2, 0) is 0 Å². The van der Waals surface area contributed by atoms with Gasteiger partial charge in [-0.1, -0.05) is 48.0 Å². The molecule has 0 aliphatic rings. The van der Waals surface area contributed by atoms with Crippen molar-refractivity contribution in [3.8, 4) is 11.3 Å². The Hall–Kier alpha value is -2.65. The van der Waals surface area contributed by atoms with Gasteiger partial charge in [0.1, 0.15) is 0 Å². The van der Waals surface area contributed by atoms with E-state index in [1.54, 1.807) is 18.3 Å². The van der Waals surface area contributed by atoms with Gasteiger partial charge in [-0.25, -0.2) is 0 Å². The Kier molecular flexibility index (Phi) is 4.17. The number of halogens is 1. The summed E-state index contributed by atoms with van der Waals surface area (Å²) in [6.07, 6.45) is 1.55. The number of hydrogen-bond acceptors (Lipinski definition) is 2. The van der Waals surface area contributed by atoms with Crippen LogP contribution in [0.25, 0.3) is 11.3 Å². The van der Waals surface area contributed by atoms with Gasteiger partial charge >= 0.3 is 0 Å². The molecule has 22 heavy (non-hydrogen) atoms. The van der Waals surface area contributed by atoms with Crippen LogP contribution < -0.4 is 5.32 Å². The summed E-state index contributed by atoms with van der Waals surface area (Å²) in [5.74, 6) is -0.190. The summed E-state index contributed by atoms with van der Waals surface area (Å²) >= 11 is 6.15. The van der Waals surface area contributed by atoms with Gasteiger partial charge in [0.05, 0.1) is 11.3 Å². The molecule has 3 aromatic rings. The lowest BCUT2D eigenvalue weighted by Gasteiger charge is -2.06. The first-order valence-corrected chi connectivity index (χ1v) is 7.19. The molecule has 0 radical (unpaired) electrons. The quantitative estimate of drug-likeness (QED) is 0.765. The van der Waals surface area contributed by atoms with Crippen LogP contribution in [-0.4, -0.2) is 10.9 Å². The Bertz CT molecular complexity index is 786. The maximum atomic E-state index is 12.2. The summed E-state index contributed by atoms with van der Waals surface area (Å²) in [5.41, 5.74) is 2.84. The zero-order valence-electron chi connectivity index (χ0n) is 11.7. The first kappa shape index (κ1) is 14.3. The maximum Gasteiger partial charge on any atom is 0.257 e. The van der Waals surface area contributed by atoms with E-state index in [-0.39, 0.29) is 5.91 Å². The van der Waals surface area contributed by atoms with E-state index in [1.807, 2.05) is 54.6 Å². The Morgan fingerprint density at radius 3 is 2.32 bits per heavy atom. The molecule has 0 fully saturated rings. The molecule has 1 amide bonds. The lowest BCUT2D eigenvalue weighted by Crippen LogP contribution is -2.12. The Labute approximate surface area is 133 Å². The number of rotatable bonds is 3. The predicted octanol–water partition coefficient (Wildman–Crippen LogP) is 4.65. The summed E-state index contributed by atoms with van der Waals surface area (Å²) in [4.78, 5) is 16.5. The molecular weight excluding hydrogens is 296 g/mol. The standard InChI is InChI=1S/C18H13ClN2O/c19-16-9-5-4-8-15(16)17-11-10-13(12-20-17)18(22)21-14-6-2-1-3-7-14/h1-12H,(H,21,22). The van der Waals surface area contributed by atoms with Crippen molar-refractivity contribution in [2.75, 3.05) is 5.32 Å². The molecule has 0 atom stereocenters. The minimum absolute atomic E-state index is 0.190. The van der Waals surface area contributed by atoms with E-state index in [0.29, 0.717) is 10.6 Å². The zero-order valence-corrected chi connectivity index (χ0v) is 12.4. The van der Waals surface area contributed by atoms with Crippen molar-refractivity contribution in [2.45, 2.75) is 0 Å². The number of nitrogens with zero attached hydrogens (tertiary/aromatic N) is 1. The van der Waals surface area contributed by atoms with Crippen LogP contribution in [0.15, 0.2) is 72.9 Å². The molecule has 0 unspecified atom stereocenters. The van der Waals surface area contributed by atoms with Crippen molar-refractivity contribution >= 4 is 23.2 Å². The second-order valence-corrected chi connectivity index (χ2v) is 5.14. The molecule has 108 valence electrons. The van der Waals surface area contributed by atoms with Gasteiger partial charge < -0.3 is 5.32 Å². The topological polar surface area (TPSA) is 42.0 Å². The Morgan fingerprint density at radius 2 is 1.64 bits per heavy atom. The lowest BCUT2D eigenvalue weighted by molar-refractivity contribution is 0.102. The first-order valence-electron chi connectivity index (χ1n) is 6.81. The molecule has 1 N–H and O–H groups in total. The van der Waals surface area contributed by atoms with Crippen LogP contribution in [0, 0.1) is 0 Å². The van der Waals surface area contributed by atoms with Crippen molar-refractivity contribution in [1.82, 2.24) is 4.98 Å².